The molecule has 7 heteroatoms. The molecule has 0 radical (unpaired) electrons. The fraction of sp³-hybridized carbons (Fsp3) is 0.333. The number of hydrogen-bond donors (Lipinski definition) is 1. The SMILES string of the molecule is C[C@@H]1CN(c2ccc(Nc3ncnc4sccc34)cc2F)C[C@H](C)O1. The predicted octanol–water partition coefficient (Wildman–Crippen LogP) is 4.19. The Balaban J connectivity index is 1.58. The average molecular weight is 358 g/mol. The first kappa shape index (κ1) is 16.2. The lowest BCUT2D eigenvalue weighted by atomic mass is 10.2. The molecule has 25 heavy (non-hydrogen) atoms. The molecule has 3 aromatic rings. The standard InChI is InChI=1S/C18H19FN4OS/c1-11-8-23(9-12(2)24-11)16-4-3-13(7-15(16)19)22-17-14-5-6-25-18(14)21-10-20-17/h3-7,10-12H,8-9H2,1-2H3,(H,20,21,22)/t11-,12+. The highest BCUT2D eigenvalue weighted by Gasteiger charge is 2.24. The van der Waals surface area contributed by atoms with Gasteiger partial charge in [-0.1, -0.05) is 0 Å². The van der Waals surface area contributed by atoms with Crippen LogP contribution in [-0.4, -0.2) is 35.3 Å². The topological polar surface area (TPSA) is 50.3 Å². The van der Waals surface area contributed by atoms with Crippen molar-refractivity contribution in [1.82, 2.24) is 9.97 Å². The summed E-state index contributed by atoms with van der Waals surface area (Å²) in [5.74, 6) is 0.439. The van der Waals surface area contributed by atoms with Crippen LogP contribution in [0.25, 0.3) is 10.2 Å². The number of halogens is 1. The second-order valence-corrected chi connectivity index (χ2v) is 7.21. The summed E-state index contributed by atoms with van der Waals surface area (Å²) in [6, 6.07) is 7.17. The van der Waals surface area contributed by atoms with Crippen molar-refractivity contribution in [3.05, 3.63) is 41.8 Å². The number of nitrogens with one attached hydrogen (secondary N) is 1. The minimum Gasteiger partial charge on any atom is -0.372 e. The molecule has 1 aliphatic rings. The van der Waals surface area contributed by atoms with E-state index >= 15 is 0 Å². The molecule has 2 aromatic heterocycles. The normalized spacial score (nSPS) is 20.8. The first-order valence-corrected chi connectivity index (χ1v) is 9.13. The fourth-order valence-corrected chi connectivity index (χ4v) is 3.97. The van der Waals surface area contributed by atoms with Crippen LogP contribution in [0.4, 0.5) is 21.6 Å². The van der Waals surface area contributed by atoms with Crippen LogP contribution in [0.1, 0.15) is 13.8 Å². The number of rotatable bonds is 3. The number of hydrogen-bond acceptors (Lipinski definition) is 6. The smallest absolute Gasteiger partial charge is 0.148 e. The second-order valence-electron chi connectivity index (χ2n) is 6.32. The third kappa shape index (κ3) is 3.29. The van der Waals surface area contributed by atoms with Gasteiger partial charge >= 0.3 is 0 Å². The molecule has 0 amide bonds. The summed E-state index contributed by atoms with van der Waals surface area (Å²) in [5, 5.41) is 6.10. The number of nitrogens with zero attached hydrogens (tertiary/aromatic N) is 3. The second kappa shape index (κ2) is 6.57. The summed E-state index contributed by atoms with van der Waals surface area (Å²) in [4.78, 5) is 11.4. The van der Waals surface area contributed by atoms with E-state index in [0.717, 1.165) is 10.2 Å². The molecule has 0 bridgehead atoms. The van der Waals surface area contributed by atoms with Gasteiger partial charge in [0.1, 0.15) is 22.8 Å². The van der Waals surface area contributed by atoms with Gasteiger partial charge < -0.3 is 15.0 Å². The van der Waals surface area contributed by atoms with Crippen molar-refractivity contribution >= 4 is 38.7 Å². The quantitative estimate of drug-likeness (QED) is 0.761. The Morgan fingerprint density at radius 1 is 1.20 bits per heavy atom. The van der Waals surface area contributed by atoms with E-state index in [2.05, 4.69) is 15.3 Å². The minimum atomic E-state index is -0.248. The first-order valence-electron chi connectivity index (χ1n) is 8.25. The van der Waals surface area contributed by atoms with E-state index in [1.54, 1.807) is 11.3 Å². The van der Waals surface area contributed by atoms with Gasteiger partial charge in [-0.05, 0) is 43.5 Å². The third-order valence-electron chi connectivity index (χ3n) is 4.23. The van der Waals surface area contributed by atoms with Crippen LogP contribution in [0, 0.1) is 5.82 Å². The van der Waals surface area contributed by atoms with Crippen molar-refractivity contribution in [2.75, 3.05) is 23.3 Å². The monoisotopic (exact) mass is 358 g/mol. The number of aromatic nitrogens is 2. The van der Waals surface area contributed by atoms with Crippen LogP contribution >= 0.6 is 11.3 Å². The van der Waals surface area contributed by atoms with Gasteiger partial charge in [0.15, 0.2) is 0 Å². The van der Waals surface area contributed by atoms with Gasteiger partial charge in [-0.2, -0.15) is 0 Å². The summed E-state index contributed by atoms with van der Waals surface area (Å²) >= 11 is 1.55. The Morgan fingerprint density at radius 3 is 2.76 bits per heavy atom. The number of anilines is 3. The molecule has 1 aromatic carbocycles. The minimum absolute atomic E-state index is 0.0915. The Kier molecular flexibility index (Phi) is 4.27. The van der Waals surface area contributed by atoms with Gasteiger partial charge in [-0.25, -0.2) is 14.4 Å². The number of fused-ring (bicyclic) bond motifs is 1. The first-order chi connectivity index (χ1) is 12.1. The zero-order valence-corrected chi connectivity index (χ0v) is 14.9. The van der Waals surface area contributed by atoms with E-state index in [1.807, 2.05) is 42.3 Å². The zero-order chi connectivity index (χ0) is 17.4. The van der Waals surface area contributed by atoms with E-state index in [0.29, 0.717) is 30.3 Å². The zero-order valence-electron chi connectivity index (χ0n) is 14.1. The van der Waals surface area contributed by atoms with E-state index in [9.17, 15) is 4.39 Å². The maximum absolute atomic E-state index is 14.7. The number of ether oxygens (including phenoxy) is 1. The molecule has 1 N–H and O–H groups in total. The van der Waals surface area contributed by atoms with Gasteiger partial charge in [0.05, 0.1) is 23.3 Å². The highest BCUT2D eigenvalue weighted by molar-refractivity contribution is 7.16. The van der Waals surface area contributed by atoms with E-state index in [-0.39, 0.29) is 18.0 Å². The van der Waals surface area contributed by atoms with E-state index < -0.39 is 0 Å². The Labute approximate surface area is 149 Å². The van der Waals surface area contributed by atoms with E-state index in [4.69, 9.17) is 4.74 Å². The predicted molar refractivity (Wildman–Crippen MR) is 99.3 cm³/mol. The molecule has 4 rings (SSSR count). The highest BCUT2D eigenvalue weighted by Crippen LogP contribution is 2.29. The molecule has 0 spiro atoms. The molecule has 130 valence electrons. The molecule has 0 saturated carbocycles. The molecular weight excluding hydrogens is 339 g/mol. The lowest BCUT2D eigenvalue weighted by molar-refractivity contribution is -0.00539. The summed E-state index contributed by atoms with van der Waals surface area (Å²) in [6.07, 6.45) is 1.70. The van der Waals surface area contributed by atoms with Crippen LogP contribution in [0.2, 0.25) is 0 Å². The number of morpholine rings is 1. The molecule has 2 atom stereocenters. The van der Waals surface area contributed by atoms with Gasteiger partial charge in [0.2, 0.25) is 0 Å². The van der Waals surface area contributed by atoms with Gasteiger partial charge in [-0.15, -0.1) is 11.3 Å². The number of thiophene rings is 1. The molecule has 1 fully saturated rings. The highest BCUT2D eigenvalue weighted by atomic mass is 32.1. The van der Waals surface area contributed by atoms with Gasteiger partial charge in [-0.3, -0.25) is 0 Å². The third-order valence-corrected chi connectivity index (χ3v) is 5.05. The fourth-order valence-electron chi connectivity index (χ4n) is 3.24. The van der Waals surface area contributed by atoms with E-state index in [1.165, 1.54) is 12.4 Å². The van der Waals surface area contributed by atoms with Gasteiger partial charge in [0.25, 0.3) is 0 Å². The average Bonchev–Trinajstić information content (AvgIpc) is 3.04. The van der Waals surface area contributed by atoms with Crippen molar-refractivity contribution in [2.24, 2.45) is 0 Å². The summed E-state index contributed by atoms with van der Waals surface area (Å²) < 4.78 is 20.4. The Bertz CT molecular complexity index is 890. The summed E-state index contributed by atoms with van der Waals surface area (Å²) in [7, 11) is 0. The molecule has 0 aliphatic carbocycles. The van der Waals surface area contributed by atoms with Crippen molar-refractivity contribution in [1.29, 1.82) is 0 Å². The molecule has 1 saturated heterocycles. The maximum atomic E-state index is 14.7. The molecule has 3 heterocycles. The maximum Gasteiger partial charge on any atom is 0.148 e. The van der Waals surface area contributed by atoms with Crippen LogP contribution in [0.5, 0.6) is 0 Å². The van der Waals surface area contributed by atoms with Crippen molar-refractivity contribution < 1.29 is 9.13 Å². The Hall–Kier alpha value is -2.25. The van der Waals surface area contributed by atoms with Crippen LogP contribution in [0.15, 0.2) is 36.0 Å². The summed E-state index contributed by atoms with van der Waals surface area (Å²) in [5.41, 5.74) is 1.28. The largest absolute Gasteiger partial charge is 0.372 e. The molecule has 1 aliphatic heterocycles. The molecule has 5 nitrogen and oxygen atoms in total. The molecular formula is C18H19FN4OS. The van der Waals surface area contributed by atoms with Gasteiger partial charge in [0, 0.05) is 18.8 Å². The van der Waals surface area contributed by atoms with Crippen molar-refractivity contribution in [2.45, 2.75) is 26.1 Å². The Morgan fingerprint density at radius 2 is 2.00 bits per heavy atom. The number of benzene rings is 1. The van der Waals surface area contributed by atoms with Crippen LogP contribution in [-0.2, 0) is 4.74 Å². The van der Waals surface area contributed by atoms with Crippen LogP contribution in [0.3, 0.4) is 0 Å². The lowest BCUT2D eigenvalue weighted by Crippen LogP contribution is -2.45. The van der Waals surface area contributed by atoms with Crippen LogP contribution < -0.4 is 10.2 Å². The van der Waals surface area contributed by atoms with Crippen molar-refractivity contribution in [3.63, 3.8) is 0 Å². The molecule has 0 unspecified atom stereocenters. The summed E-state index contributed by atoms with van der Waals surface area (Å²) in [6.45, 7) is 5.40. The lowest BCUT2D eigenvalue weighted by Gasteiger charge is -2.37. The van der Waals surface area contributed by atoms with Crippen molar-refractivity contribution in [3.8, 4) is 0 Å².